The molecule has 0 saturated heterocycles. The summed E-state index contributed by atoms with van der Waals surface area (Å²) in [6, 6.07) is 18.9. The standard InChI is InChI=1S/C23H19N5O/c1-16-7-11-25-21(13-16)28-22-14-18(8-12-26-22)23(29)27-20-15-24-10-9-19(20)17-5-3-2-4-6-17/h2-15H,1H3,(H,27,29)(H,25,26,28). The second kappa shape index (κ2) is 8.31. The Morgan fingerprint density at radius 3 is 2.41 bits per heavy atom. The number of benzene rings is 1. The molecule has 4 aromatic rings. The summed E-state index contributed by atoms with van der Waals surface area (Å²) in [6.07, 6.45) is 6.68. The summed E-state index contributed by atoms with van der Waals surface area (Å²) >= 11 is 0. The lowest BCUT2D eigenvalue weighted by molar-refractivity contribution is 0.102. The van der Waals surface area contributed by atoms with Crippen LogP contribution in [0.5, 0.6) is 0 Å². The molecule has 1 aromatic carbocycles. The number of carbonyl (C=O) groups is 1. The summed E-state index contributed by atoms with van der Waals surface area (Å²) in [5.74, 6) is 0.983. The van der Waals surface area contributed by atoms with Crippen molar-refractivity contribution in [2.75, 3.05) is 10.6 Å². The van der Waals surface area contributed by atoms with Crippen molar-refractivity contribution >= 4 is 23.2 Å². The average molecular weight is 381 g/mol. The summed E-state index contributed by atoms with van der Waals surface area (Å²) in [4.78, 5) is 25.5. The summed E-state index contributed by atoms with van der Waals surface area (Å²) in [7, 11) is 0. The van der Waals surface area contributed by atoms with Crippen molar-refractivity contribution in [2.45, 2.75) is 6.92 Å². The number of nitrogens with zero attached hydrogens (tertiary/aromatic N) is 3. The molecule has 0 saturated carbocycles. The number of aryl methyl sites for hydroxylation is 1. The van der Waals surface area contributed by atoms with Gasteiger partial charge in [-0.2, -0.15) is 0 Å². The molecule has 0 aliphatic rings. The lowest BCUT2D eigenvalue weighted by Crippen LogP contribution is -2.13. The average Bonchev–Trinajstić information content (AvgIpc) is 2.75. The first kappa shape index (κ1) is 18.3. The van der Waals surface area contributed by atoms with Gasteiger partial charge in [-0.1, -0.05) is 30.3 Å². The number of anilines is 3. The Bertz CT molecular complexity index is 1140. The SMILES string of the molecule is Cc1ccnc(Nc2cc(C(=O)Nc3cnccc3-c3ccccc3)ccn2)c1. The minimum absolute atomic E-state index is 0.238. The number of hydrogen-bond acceptors (Lipinski definition) is 5. The maximum Gasteiger partial charge on any atom is 0.255 e. The van der Waals surface area contributed by atoms with E-state index in [1.54, 1.807) is 36.9 Å². The van der Waals surface area contributed by atoms with Crippen LogP contribution in [0.4, 0.5) is 17.3 Å². The lowest BCUT2D eigenvalue weighted by Gasteiger charge is -2.11. The Kier molecular flexibility index (Phi) is 5.25. The number of amides is 1. The number of rotatable bonds is 5. The van der Waals surface area contributed by atoms with Crippen molar-refractivity contribution < 1.29 is 4.79 Å². The topological polar surface area (TPSA) is 79.8 Å². The van der Waals surface area contributed by atoms with Gasteiger partial charge in [-0.15, -0.1) is 0 Å². The molecule has 3 aromatic heterocycles. The number of aromatic nitrogens is 3. The Hall–Kier alpha value is -4.06. The van der Waals surface area contributed by atoms with E-state index in [-0.39, 0.29) is 5.91 Å². The summed E-state index contributed by atoms with van der Waals surface area (Å²) < 4.78 is 0. The highest BCUT2D eigenvalue weighted by Crippen LogP contribution is 2.27. The molecule has 0 aliphatic carbocycles. The Balaban J connectivity index is 1.56. The molecule has 1 amide bonds. The molecule has 2 N–H and O–H groups in total. The van der Waals surface area contributed by atoms with E-state index in [0.29, 0.717) is 22.9 Å². The Morgan fingerprint density at radius 1 is 0.862 bits per heavy atom. The molecule has 29 heavy (non-hydrogen) atoms. The zero-order valence-electron chi connectivity index (χ0n) is 15.8. The zero-order valence-corrected chi connectivity index (χ0v) is 15.8. The Morgan fingerprint density at radius 2 is 1.62 bits per heavy atom. The maximum atomic E-state index is 12.8. The quantitative estimate of drug-likeness (QED) is 0.517. The van der Waals surface area contributed by atoms with Crippen molar-refractivity contribution in [1.29, 1.82) is 0 Å². The third kappa shape index (κ3) is 4.44. The molecule has 6 nitrogen and oxygen atoms in total. The van der Waals surface area contributed by atoms with Gasteiger partial charge >= 0.3 is 0 Å². The molecule has 4 rings (SSSR count). The van der Waals surface area contributed by atoms with Crippen LogP contribution in [0.15, 0.2) is 85.5 Å². The predicted molar refractivity (Wildman–Crippen MR) is 114 cm³/mol. The first-order valence-corrected chi connectivity index (χ1v) is 9.15. The van der Waals surface area contributed by atoms with Gasteiger partial charge in [0.2, 0.25) is 0 Å². The minimum atomic E-state index is -0.238. The molecule has 0 bridgehead atoms. The minimum Gasteiger partial charge on any atom is -0.325 e. The molecule has 0 fully saturated rings. The highest BCUT2D eigenvalue weighted by molar-refractivity contribution is 6.06. The molecular formula is C23H19N5O. The van der Waals surface area contributed by atoms with Crippen LogP contribution in [-0.4, -0.2) is 20.9 Å². The molecule has 0 atom stereocenters. The molecule has 0 spiro atoms. The summed E-state index contributed by atoms with van der Waals surface area (Å²) in [5, 5.41) is 6.08. The highest BCUT2D eigenvalue weighted by atomic mass is 16.1. The van der Waals surface area contributed by atoms with Gasteiger partial charge in [-0.25, -0.2) is 9.97 Å². The molecule has 0 aliphatic heterocycles. The van der Waals surface area contributed by atoms with E-state index in [0.717, 1.165) is 16.7 Å². The van der Waals surface area contributed by atoms with Crippen molar-refractivity contribution in [3.8, 4) is 11.1 Å². The maximum absolute atomic E-state index is 12.8. The van der Waals surface area contributed by atoms with Crippen LogP contribution in [0.2, 0.25) is 0 Å². The van der Waals surface area contributed by atoms with Crippen LogP contribution >= 0.6 is 0 Å². The normalized spacial score (nSPS) is 10.4. The van der Waals surface area contributed by atoms with Crippen LogP contribution < -0.4 is 10.6 Å². The van der Waals surface area contributed by atoms with Gasteiger partial charge < -0.3 is 10.6 Å². The van der Waals surface area contributed by atoms with Gasteiger partial charge in [0.25, 0.3) is 5.91 Å². The lowest BCUT2D eigenvalue weighted by atomic mass is 10.1. The third-order valence-electron chi connectivity index (χ3n) is 4.35. The first-order chi connectivity index (χ1) is 14.2. The highest BCUT2D eigenvalue weighted by Gasteiger charge is 2.12. The fourth-order valence-electron chi connectivity index (χ4n) is 2.93. The monoisotopic (exact) mass is 381 g/mol. The molecule has 3 heterocycles. The van der Waals surface area contributed by atoms with Gasteiger partial charge in [-0.05, 0) is 48.4 Å². The van der Waals surface area contributed by atoms with Gasteiger partial charge in [-0.3, -0.25) is 9.78 Å². The van der Waals surface area contributed by atoms with E-state index in [1.165, 1.54) is 0 Å². The summed E-state index contributed by atoms with van der Waals surface area (Å²) in [6.45, 7) is 1.99. The van der Waals surface area contributed by atoms with E-state index in [2.05, 4.69) is 25.6 Å². The number of nitrogens with one attached hydrogen (secondary N) is 2. The van der Waals surface area contributed by atoms with E-state index < -0.39 is 0 Å². The van der Waals surface area contributed by atoms with Crippen molar-refractivity contribution in [3.63, 3.8) is 0 Å². The number of carbonyl (C=O) groups excluding carboxylic acids is 1. The van der Waals surface area contributed by atoms with Crippen molar-refractivity contribution in [2.24, 2.45) is 0 Å². The zero-order chi connectivity index (χ0) is 20.1. The van der Waals surface area contributed by atoms with E-state index in [1.807, 2.05) is 55.5 Å². The Labute approximate surface area is 168 Å². The van der Waals surface area contributed by atoms with Gasteiger partial charge in [0.05, 0.1) is 11.9 Å². The van der Waals surface area contributed by atoms with Crippen LogP contribution in [0.3, 0.4) is 0 Å². The smallest absolute Gasteiger partial charge is 0.255 e. The second-order valence-corrected chi connectivity index (χ2v) is 6.51. The second-order valence-electron chi connectivity index (χ2n) is 6.51. The van der Waals surface area contributed by atoms with Crippen molar-refractivity contribution in [1.82, 2.24) is 15.0 Å². The van der Waals surface area contributed by atoms with E-state index in [4.69, 9.17) is 0 Å². The third-order valence-corrected chi connectivity index (χ3v) is 4.35. The van der Waals surface area contributed by atoms with Gasteiger partial charge in [0.1, 0.15) is 11.6 Å². The van der Waals surface area contributed by atoms with Gasteiger partial charge in [0.15, 0.2) is 0 Å². The van der Waals surface area contributed by atoms with Crippen LogP contribution in [0.25, 0.3) is 11.1 Å². The molecular weight excluding hydrogens is 362 g/mol. The number of pyridine rings is 3. The van der Waals surface area contributed by atoms with Crippen LogP contribution in [0.1, 0.15) is 15.9 Å². The fraction of sp³-hybridized carbons (Fsp3) is 0.0435. The number of hydrogen-bond donors (Lipinski definition) is 2. The summed E-state index contributed by atoms with van der Waals surface area (Å²) in [5.41, 5.74) is 4.13. The molecule has 0 unspecified atom stereocenters. The van der Waals surface area contributed by atoms with E-state index >= 15 is 0 Å². The molecule has 142 valence electrons. The van der Waals surface area contributed by atoms with Crippen LogP contribution in [-0.2, 0) is 0 Å². The first-order valence-electron chi connectivity index (χ1n) is 9.15. The fourth-order valence-corrected chi connectivity index (χ4v) is 2.93. The predicted octanol–water partition coefficient (Wildman–Crippen LogP) is 4.84. The molecule has 6 heteroatoms. The molecule has 0 radical (unpaired) electrons. The van der Waals surface area contributed by atoms with Gasteiger partial charge in [0, 0.05) is 29.7 Å². The largest absolute Gasteiger partial charge is 0.325 e. The van der Waals surface area contributed by atoms with Crippen molar-refractivity contribution in [3.05, 3.63) is 96.6 Å². The van der Waals surface area contributed by atoms with Crippen LogP contribution in [0, 0.1) is 6.92 Å². The van der Waals surface area contributed by atoms with E-state index in [9.17, 15) is 4.79 Å².